The zero-order valence-electron chi connectivity index (χ0n) is 16.8. The van der Waals surface area contributed by atoms with Crippen LogP contribution in [-0.4, -0.2) is 48.0 Å². The van der Waals surface area contributed by atoms with E-state index in [1.165, 1.54) is 19.4 Å². The van der Waals surface area contributed by atoms with Crippen LogP contribution in [0.4, 0.5) is 0 Å². The highest BCUT2D eigenvalue weighted by Crippen LogP contribution is 2.38. The van der Waals surface area contributed by atoms with Crippen LogP contribution in [0.15, 0.2) is 24.3 Å². The molecule has 4 rings (SSSR count). The second kappa shape index (κ2) is 6.54. The zero-order chi connectivity index (χ0) is 18.5. The lowest BCUT2D eigenvalue weighted by Gasteiger charge is -2.38. The van der Waals surface area contributed by atoms with Crippen LogP contribution < -0.4 is 10.2 Å². The monoisotopic (exact) mass is 357 g/mol. The number of ether oxygens (including phenoxy) is 1. The van der Waals surface area contributed by atoms with Gasteiger partial charge in [-0.25, -0.2) is 0 Å². The molecule has 3 saturated heterocycles. The minimum Gasteiger partial charge on any atom is -0.490 e. The Bertz CT molecular complexity index is 615. The van der Waals surface area contributed by atoms with Gasteiger partial charge in [0.2, 0.25) is 0 Å². The molecule has 1 aromatic rings. The summed E-state index contributed by atoms with van der Waals surface area (Å²) in [6.45, 7) is 11.8. The second-order valence-electron chi connectivity index (χ2n) is 9.08. The molecule has 2 bridgehead atoms. The number of fused-ring (bicyclic) bond motifs is 2. The number of hydrogen-bond donors (Lipinski definition) is 0. The Morgan fingerprint density at radius 2 is 1.54 bits per heavy atom. The molecule has 3 fully saturated rings. The van der Waals surface area contributed by atoms with Crippen molar-refractivity contribution < 1.29 is 14.0 Å². The maximum Gasteiger partial charge on any atom is 0.494 e. The van der Waals surface area contributed by atoms with Crippen molar-refractivity contribution in [2.45, 2.75) is 89.7 Å². The Kier molecular flexibility index (Phi) is 4.61. The second-order valence-corrected chi connectivity index (χ2v) is 9.08. The third kappa shape index (κ3) is 3.19. The Labute approximate surface area is 158 Å². The third-order valence-electron chi connectivity index (χ3n) is 6.91. The summed E-state index contributed by atoms with van der Waals surface area (Å²) in [5, 5.41) is 0. The first-order valence-electron chi connectivity index (χ1n) is 10.2. The molecular weight excluding hydrogens is 325 g/mol. The van der Waals surface area contributed by atoms with Crippen molar-refractivity contribution in [3.05, 3.63) is 24.3 Å². The van der Waals surface area contributed by atoms with Gasteiger partial charge in [-0.3, -0.25) is 4.90 Å². The van der Waals surface area contributed by atoms with Crippen LogP contribution in [0.5, 0.6) is 5.75 Å². The summed E-state index contributed by atoms with van der Waals surface area (Å²) < 4.78 is 18.6. The van der Waals surface area contributed by atoms with Crippen LogP contribution in [0, 0.1) is 0 Å². The van der Waals surface area contributed by atoms with Gasteiger partial charge in [-0.1, -0.05) is 19.1 Å². The quantitative estimate of drug-likeness (QED) is 0.773. The Balaban J connectivity index is 1.39. The zero-order valence-corrected chi connectivity index (χ0v) is 16.8. The first-order valence-corrected chi connectivity index (χ1v) is 10.2. The van der Waals surface area contributed by atoms with Crippen LogP contribution in [0.3, 0.4) is 0 Å². The van der Waals surface area contributed by atoms with E-state index in [1.807, 2.05) is 0 Å². The largest absolute Gasteiger partial charge is 0.494 e. The molecule has 3 aliphatic heterocycles. The number of benzene rings is 1. The van der Waals surface area contributed by atoms with E-state index < -0.39 is 0 Å². The topological polar surface area (TPSA) is 30.9 Å². The van der Waals surface area contributed by atoms with Crippen molar-refractivity contribution in [1.29, 1.82) is 0 Å². The van der Waals surface area contributed by atoms with E-state index in [1.54, 1.807) is 0 Å². The van der Waals surface area contributed by atoms with E-state index >= 15 is 0 Å². The molecule has 0 spiro atoms. The predicted molar refractivity (Wildman–Crippen MR) is 105 cm³/mol. The van der Waals surface area contributed by atoms with Crippen LogP contribution in [-0.2, 0) is 9.31 Å². The SMILES string of the molecule is CCN1[C@@H]2CC[C@H]1C[C@@H](Oc1ccc(B3OC(C)(C)C(C)(C)O3)cc1)C2. The lowest BCUT2D eigenvalue weighted by molar-refractivity contribution is 0.00578. The van der Waals surface area contributed by atoms with Gasteiger partial charge in [0, 0.05) is 12.1 Å². The van der Waals surface area contributed by atoms with E-state index in [0.29, 0.717) is 18.2 Å². The standard InChI is InChI=1S/C21H32BNO3/c1-6-23-16-9-10-17(23)14-19(13-16)24-18-11-7-15(8-12-18)22-25-20(2,3)21(4,5)26-22/h7-8,11-12,16-17,19H,6,9-10,13-14H2,1-5H3/t16-,17+,19+. The lowest BCUT2D eigenvalue weighted by Crippen LogP contribution is -2.46. The molecule has 0 saturated carbocycles. The van der Waals surface area contributed by atoms with E-state index in [2.05, 4.69) is 63.8 Å². The molecule has 3 atom stereocenters. The van der Waals surface area contributed by atoms with Gasteiger partial charge < -0.3 is 14.0 Å². The molecule has 0 aromatic heterocycles. The van der Waals surface area contributed by atoms with Gasteiger partial charge >= 0.3 is 7.12 Å². The molecule has 5 heteroatoms. The maximum absolute atomic E-state index is 6.32. The lowest BCUT2D eigenvalue weighted by atomic mass is 9.79. The summed E-state index contributed by atoms with van der Waals surface area (Å²) in [4.78, 5) is 2.67. The number of piperidine rings is 1. The first kappa shape index (κ1) is 18.3. The molecular formula is C21H32BNO3. The fraction of sp³-hybridized carbons (Fsp3) is 0.714. The summed E-state index contributed by atoms with van der Waals surface area (Å²) in [5.74, 6) is 0.958. The smallest absolute Gasteiger partial charge is 0.490 e. The number of rotatable bonds is 4. The summed E-state index contributed by atoms with van der Waals surface area (Å²) in [6, 6.07) is 9.71. The molecule has 0 amide bonds. The van der Waals surface area contributed by atoms with Crippen molar-refractivity contribution in [3.8, 4) is 5.75 Å². The maximum atomic E-state index is 6.32. The van der Waals surface area contributed by atoms with Gasteiger partial charge in [0.25, 0.3) is 0 Å². The normalized spacial score (nSPS) is 32.8. The van der Waals surface area contributed by atoms with Gasteiger partial charge in [0.15, 0.2) is 0 Å². The molecule has 3 aliphatic rings. The van der Waals surface area contributed by atoms with E-state index in [0.717, 1.165) is 24.1 Å². The van der Waals surface area contributed by atoms with Crippen molar-refractivity contribution in [1.82, 2.24) is 4.90 Å². The van der Waals surface area contributed by atoms with Crippen LogP contribution in [0.25, 0.3) is 0 Å². The van der Waals surface area contributed by atoms with Crippen molar-refractivity contribution in [2.75, 3.05) is 6.54 Å². The molecule has 26 heavy (non-hydrogen) atoms. The summed E-state index contributed by atoms with van der Waals surface area (Å²) in [7, 11) is -0.308. The minimum absolute atomic E-state index is 0.306. The van der Waals surface area contributed by atoms with Gasteiger partial charge in [-0.15, -0.1) is 0 Å². The van der Waals surface area contributed by atoms with Crippen molar-refractivity contribution in [3.63, 3.8) is 0 Å². The minimum atomic E-state index is -0.308. The fourth-order valence-corrected chi connectivity index (χ4v) is 4.71. The van der Waals surface area contributed by atoms with Crippen molar-refractivity contribution >= 4 is 12.6 Å². The van der Waals surface area contributed by atoms with E-state index in [-0.39, 0.29) is 18.3 Å². The molecule has 0 aliphatic carbocycles. The van der Waals surface area contributed by atoms with Crippen LogP contribution in [0.1, 0.15) is 60.3 Å². The van der Waals surface area contributed by atoms with Gasteiger partial charge in [-0.05, 0) is 77.5 Å². The van der Waals surface area contributed by atoms with Crippen LogP contribution in [0.2, 0.25) is 0 Å². The van der Waals surface area contributed by atoms with E-state index in [4.69, 9.17) is 14.0 Å². The molecule has 4 nitrogen and oxygen atoms in total. The summed E-state index contributed by atoms with van der Waals surface area (Å²) in [6.07, 6.45) is 5.32. The van der Waals surface area contributed by atoms with Gasteiger partial charge in [-0.2, -0.15) is 0 Å². The Morgan fingerprint density at radius 3 is 2.04 bits per heavy atom. The van der Waals surface area contributed by atoms with Gasteiger partial charge in [0.05, 0.1) is 11.2 Å². The van der Waals surface area contributed by atoms with Gasteiger partial charge in [0.1, 0.15) is 11.9 Å². The summed E-state index contributed by atoms with van der Waals surface area (Å²) >= 11 is 0. The fourth-order valence-electron chi connectivity index (χ4n) is 4.71. The average molecular weight is 357 g/mol. The highest BCUT2D eigenvalue weighted by Gasteiger charge is 2.51. The molecule has 0 radical (unpaired) electrons. The Hall–Kier alpha value is -1.04. The highest BCUT2D eigenvalue weighted by atomic mass is 16.7. The summed E-state index contributed by atoms with van der Waals surface area (Å²) in [5.41, 5.74) is 0.440. The first-order chi connectivity index (χ1) is 12.3. The molecule has 0 N–H and O–H groups in total. The number of hydrogen-bond acceptors (Lipinski definition) is 4. The average Bonchev–Trinajstić information content (AvgIpc) is 2.96. The molecule has 3 heterocycles. The molecule has 142 valence electrons. The number of nitrogens with zero attached hydrogens (tertiary/aromatic N) is 1. The highest BCUT2D eigenvalue weighted by molar-refractivity contribution is 6.62. The van der Waals surface area contributed by atoms with Crippen LogP contribution >= 0.6 is 0 Å². The Morgan fingerprint density at radius 1 is 1.00 bits per heavy atom. The van der Waals surface area contributed by atoms with E-state index in [9.17, 15) is 0 Å². The third-order valence-corrected chi connectivity index (χ3v) is 6.91. The molecule has 1 aromatic carbocycles. The molecule has 0 unspecified atom stereocenters. The predicted octanol–water partition coefficient (Wildman–Crippen LogP) is 3.38. The van der Waals surface area contributed by atoms with Crippen molar-refractivity contribution in [2.24, 2.45) is 0 Å².